The zero-order valence-corrected chi connectivity index (χ0v) is 13.0. The largest absolute Gasteiger partial charge is 0.497 e. The molecular formula is C13H20ClN3O4. The van der Waals surface area contributed by atoms with Crippen molar-refractivity contribution in [2.24, 2.45) is 0 Å². The molecule has 0 unspecified atom stereocenters. The summed E-state index contributed by atoms with van der Waals surface area (Å²) >= 11 is 0. The van der Waals surface area contributed by atoms with Crippen LogP contribution in [-0.2, 0) is 0 Å². The fourth-order valence-electron chi connectivity index (χ4n) is 1.74. The van der Waals surface area contributed by atoms with Gasteiger partial charge in [-0.1, -0.05) is 6.92 Å². The van der Waals surface area contributed by atoms with Gasteiger partial charge in [-0.25, -0.2) is 0 Å². The van der Waals surface area contributed by atoms with Crippen molar-refractivity contribution in [1.29, 1.82) is 0 Å². The number of halogens is 1. The van der Waals surface area contributed by atoms with Gasteiger partial charge in [0.2, 0.25) is 0 Å². The molecule has 7 nitrogen and oxygen atoms in total. The Hall–Kier alpha value is -1.86. The Balaban J connectivity index is 0.00000400. The first-order valence-electron chi connectivity index (χ1n) is 6.33. The van der Waals surface area contributed by atoms with E-state index in [-0.39, 0.29) is 29.7 Å². The molecule has 0 saturated carbocycles. The highest BCUT2D eigenvalue weighted by Crippen LogP contribution is 2.23. The molecule has 0 saturated heterocycles. The van der Waals surface area contributed by atoms with E-state index in [4.69, 9.17) is 4.74 Å². The number of nitro groups is 1. The second-order valence-electron chi connectivity index (χ2n) is 4.31. The van der Waals surface area contributed by atoms with E-state index in [9.17, 15) is 14.9 Å². The lowest BCUT2D eigenvalue weighted by molar-refractivity contribution is -0.385. The van der Waals surface area contributed by atoms with Crippen molar-refractivity contribution in [1.82, 2.24) is 10.6 Å². The van der Waals surface area contributed by atoms with Gasteiger partial charge in [-0.05, 0) is 25.6 Å². The van der Waals surface area contributed by atoms with Gasteiger partial charge in [0.15, 0.2) is 0 Å². The molecule has 0 aliphatic carbocycles. The lowest BCUT2D eigenvalue weighted by atomic mass is 10.1. The van der Waals surface area contributed by atoms with Crippen LogP contribution in [0.5, 0.6) is 5.75 Å². The van der Waals surface area contributed by atoms with E-state index in [1.54, 1.807) is 0 Å². The summed E-state index contributed by atoms with van der Waals surface area (Å²) in [5.41, 5.74) is -0.238. The molecule has 0 aliphatic heterocycles. The molecule has 21 heavy (non-hydrogen) atoms. The number of nitrogens with zero attached hydrogens (tertiary/aromatic N) is 1. The van der Waals surface area contributed by atoms with Crippen LogP contribution in [0.15, 0.2) is 18.2 Å². The summed E-state index contributed by atoms with van der Waals surface area (Å²) in [4.78, 5) is 22.4. The van der Waals surface area contributed by atoms with Crippen LogP contribution in [0.1, 0.15) is 24.2 Å². The number of hydrogen-bond donors (Lipinski definition) is 2. The summed E-state index contributed by atoms with van der Waals surface area (Å²) in [5.74, 6) is -0.0826. The third-order valence-electron chi connectivity index (χ3n) is 2.77. The molecule has 0 heterocycles. The van der Waals surface area contributed by atoms with Crippen molar-refractivity contribution in [3.05, 3.63) is 33.9 Å². The Labute approximate surface area is 129 Å². The number of benzene rings is 1. The van der Waals surface area contributed by atoms with E-state index >= 15 is 0 Å². The van der Waals surface area contributed by atoms with Gasteiger partial charge in [-0.15, -0.1) is 12.4 Å². The van der Waals surface area contributed by atoms with Crippen molar-refractivity contribution >= 4 is 24.0 Å². The van der Waals surface area contributed by atoms with E-state index < -0.39 is 10.8 Å². The Morgan fingerprint density at radius 3 is 2.67 bits per heavy atom. The summed E-state index contributed by atoms with van der Waals surface area (Å²) in [5, 5.41) is 16.7. The van der Waals surface area contributed by atoms with Crippen molar-refractivity contribution in [3.8, 4) is 5.75 Å². The van der Waals surface area contributed by atoms with E-state index in [1.807, 2.05) is 13.8 Å². The maximum atomic E-state index is 12.0. The molecule has 0 radical (unpaired) electrons. The lowest BCUT2D eigenvalue weighted by Crippen LogP contribution is -2.38. The summed E-state index contributed by atoms with van der Waals surface area (Å²) in [7, 11) is 1.44. The molecule has 1 aromatic carbocycles. The standard InChI is InChI=1S/C13H19N3O4.ClH/c1-4-14-9(2)8-15-13(17)11-7-10(20-3)5-6-12(11)16(18)19;/h5-7,9,14H,4,8H2,1-3H3,(H,15,17);1H/t9-;/m1./s1. The van der Waals surface area contributed by atoms with Crippen LogP contribution in [0.25, 0.3) is 0 Å². The minimum absolute atomic E-state index is 0. The van der Waals surface area contributed by atoms with Gasteiger partial charge in [-0.2, -0.15) is 0 Å². The third-order valence-corrected chi connectivity index (χ3v) is 2.77. The maximum Gasteiger partial charge on any atom is 0.282 e. The number of likely N-dealkylation sites (N-methyl/N-ethyl adjacent to an activating group) is 1. The topological polar surface area (TPSA) is 93.5 Å². The summed E-state index contributed by atoms with van der Waals surface area (Å²) < 4.78 is 4.99. The van der Waals surface area contributed by atoms with E-state index in [2.05, 4.69) is 10.6 Å². The van der Waals surface area contributed by atoms with Crippen LogP contribution in [0.4, 0.5) is 5.69 Å². The monoisotopic (exact) mass is 317 g/mol. The number of carbonyl (C=O) groups excluding carboxylic acids is 1. The van der Waals surface area contributed by atoms with Crippen LogP contribution in [-0.4, -0.2) is 37.1 Å². The molecule has 0 spiro atoms. The van der Waals surface area contributed by atoms with Crippen molar-refractivity contribution in [2.45, 2.75) is 19.9 Å². The number of ether oxygens (including phenoxy) is 1. The Bertz CT molecular complexity index is 496. The zero-order chi connectivity index (χ0) is 15.1. The fourth-order valence-corrected chi connectivity index (χ4v) is 1.74. The highest BCUT2D eigenvalue weighted by molar-refractivity contribution is 5.98. The van der Waals surface area contributed by atoms with Gasteiger partial charge in [0.1, 0.15) is 11.3 Å². The first kappa shape index (κ1) is 19.1. The van der Waals surface area contributed by atoms with Crippen LogP contribution in [0, 0.1) is 10.1 Å². The van der Waals surface area contributed by atoms with E-state index in [0.29, 0.717) is 12.3 Å². The summed E-state index contributed by atoms with van der Waals surface area (Å²) in [6.45, 7) is 5.06. The zero-order valence-electron chi connectivity index (χ0n) is 12.2. The lowest BCUT2D eigenvalue weighted by Gasteiger charge is -2.13. The van der Waals surface area contributed by atoms with Gasteiger partial charge in [0.25, 0.3) is 11.6 Å². The highest BCUT2D eigenvalue weighted by atomic mass is 35.5. The number of carbonyl (C=O) groups is 1. The van der Waals surface area contributed by atoms with Crippen LogP contribution in [0.2, 0.25) is 0 Å². The Morgan fingerprint density at radius 2 is 2.14 bits per heavy atom. The molecule has 118 valence electrons. The van der Waals surface area contributed by atoms with E-state index in [0.717, 1.165) is 6.54 Å². The smallest absolute Gasteiger partial charge is 0.282 e. The van der Waals surface area contributed by atoms with Crippen molar-refractivity contribution < 1.29 is 14.5 Å². The minimum atomic E-state index is -0.581. The number of nitrogens with one attached hydrogen (secondary N) is 2. The maximum absolute atomic E-state index is 12.0. The number of nitro benzene ring substituents is 1. The number of methoxy groups -OCH3 is 1. The molecule has 1 rings (SSSR count). The molecule has 0 aliphatic rings. The quantitative estimate of drug-likeness (QED) is 0.590. The van der Waals surface area contributed by atoms with E-state index in [1.165, 1.54) is 25.3 Å². The second-order valence-corrected chi connectivity index (χ2v) is 4.31. The van der Waals surface area contributed by atoms with Crippen LogP contribution in [0.3, 0.4) is 0 Å². The molecule has 0 fully saturated rings. The molecule has 2 N–H and O–H groups in total. The minimum Gasteiger partial charge on any atom is -0.497 e. The summed E-state index contributed by atoms with van der Waals surface area (Å²) in [6.07, 6.45) is 0. The van der Waals surface area contributed by atoms with Crippen LogP contribution >= 0.6 is 12.4 Å². The SMILES string of the molecule is CCN[C@H](C)CNC(=O)c1cc(OC)ccc1[N+](=O)[O-].Cl. The number of rotatable bonds is 7. The fraction of sp³-hybridized carbons (Fsp3) is 0.462. The van der Waals surface area contributed by atoms with Gasteiger partial charge >= 0.3 is 0 Å². The first-order valence-corrected chi connectivity index (χ1v) is 6.33. The molecule has 0 aromatic heterocycles. The molecule has 1 aromatic rings. The molecule has 1 atom stereocenters. The second kappa shape index (κ2) is 9.15. The summed E-state index contributed by atoms with van der Waals surface area (Å²) in [6, 6.07) is 4.18. The third kappa shape index (κ3) is 5.57. The average Bonchev–Trinajstić information content (AvgIpc) is 2.44. The number of hydrogen-bond acceptors (Lipinski definition) is 5. The van der Waals surface area contributed by atoms with Gasteiger partial charge in [-0.3, -0.25) is 14.9 Å². The molecule has 1 amide bonds. The van der Waals surface area contributed by atoms with Gasteiger partial charge < -0.3 is 15.4 Å². The Morgan fingerprint density at radius 1 is 1.48 bits per heavy atom. The predicted octanol–water partition coefficient (Wildman–Crippen LogP) is 1.75. The van der Waals surface area contributed by atoms with Crippen LogP contribution < -0.4 is 15.4 Å². The molecule has 0 bridgehead atoms. The molecule has 8 heteroatoms. The molecular weight excluding hydrogens is 298 g/mol. The Kier molecular flexibility index (Phi) is 8.34. The highest BCUT2D eigenvalue weighted by Gasteiger charge is 2.21. The van der Waals surface area contributed by atoms with Crippen molar-refractivity contribution in [2.75, 3.05) is 20.2 Å². The van der Waals surface area contributed by atoms with Gasteiger partial charge in [0, 0.05) is 18.7 Å². The average molecular weight is 318 g/mol. The normalized spacial score (nSPS) is 11.2. The predicted molar refractivity (Wildman–Crippen MR) is 82.4 cm³/mol. The van der Waals surface area contributed by atoms with Gasteiger partial charge in [0.05, 0.1) is 12.0 Å². The van der Waals surface area contributed by atoms with Crippen molar-refractivity contribution in [3.63, 3.8) is 0 Å². The number of amides is 1. The first-order chi connectivity index (χ1) is 9.49.